The van der Waals surface area contributed by atoms with Crippen molar-refractivity contribution in [3.63, 3.8) is 0 Å². The van der Waals surface area contributed by atoms with Crippen LogP contribution in [-0.4, -0.2) is 31.5 Å². The first-order valence-corrected chi connectivity index (χ1v) is 35.3. The summed E-state index contributed by atoms with van der Waals surface area (Å²) in [4.78, 5) is 0. The normalized spacial score (nSPS) is 13.4. The van der Waals surface area contributed by atoms with E-state index in [9.17, 15) is 0 Å². The van der Waals surface area contributed by atoms with Crippen LogP contribution in [0.25, 0.3) is 32.7 Å². The van der Waals surface area contributed by atoms with Crippen LogP contribution in [0.3, 0.4) is 0 Å². The lowest BCUT2D eigenvalue weighted by Crippen LogP contribution is -2.41. The van der Waals surface area contributed by atoms with Crippen LogP contribution < -0.4 is 14.9 Å². The topological polar surface area (TPSA) is 36.9 Å². The van der Waals surface area contributed by atoms with Crippen molar-refractivity contribution in [1.82, 2.24) is 0 Å². The Bertz CT molecular complexity index is 2610. The SMILES string of the molecule is CCCCCCCCCCCCOc1ccc2cc(-c3ccc(CCCCCCCC)cc3)ccc2c1.CCCCCCCCCCCCOc1ccc2cc(Br)ccc2c1.CCCCCCCCc1ccc(B2OC(C)(C)C(C)(C)O2)cc1. The number of halogens is 1. The number of ether oxygens (including phenoxy) is 2. The second-order valence-electron chi connectivity index (χ2n) is 25.5. The summed E-state index contributed by atoms with van der Waals surface area (Å²) in [5.41, 5.74) is 6.05. The van der Waals surface area contributed by atoms with E-state index in [1.807, 2.05) is 0 Å². The quantitative estimate of drug-likeness (QED) is 0.0284. The molecule has 6 aromatic carbocycles. The summed E-state index contributed by atoms with van der Waals surface area (Å²) >= 11 is 3.51. The summed E-state index contributed by atoms with van der Waals surface area (Å²) in [6, 6.07) is 44.0. The minimum Gasteiger partial charge on any atom is -0.494 e. The maximum absolute atomic E-state index is 6.10. The number of benzene rings is 6. The summed E-state index contributed by atoms with van der Waals surface area (Å²) in [7, 11) is -0.247. The Balaban J connectivity index is 0.000000241. The summed E-state index contributed by atoms with van der Waals surface area (Å²) in [5, 5.41) is 5.01. The Morgan fingerprint density at radius 3 is 1.07 bits per heavy atom. The molecule has 1 saturated heterocycles. The highest BCUT2D eigenvalue weighted by molar-refractivity contribution is 9.10. The predicted molar refractivity (Wildman–Crippen MR) is 372 cm³/mol. The van der Waals surface area contributed by atoms with Crippen LogP contribution in [0.5, 0.6) is 11.5 Å². The molecule has 0 atom stereocenters. The molecule has 0 radical (unpaired) electrons. The zero-order chi connectivity index (χ0) is 59.9. The largest absolute Gasteiger partial charge is 0.494 e. The van der Waals surface area contributed by atoms with Crippen molar-refractivity contribution in [3.05, 3.63) is 137 Å². The third-order valence-corrected chi connectivity index (χ3v) is 18.0. The number of hydrogen-bond acceptors (Lipinski definition) is 4. The smallest absolute Gasteiger partial charge is 0.494 e. The molecule has 462 valence electrons. The first kappa shape index (κ1) is 70.7. The van der Waals surface area contributed by atoms with Crippen LogP contribution in [0.15, 0.2) is 126 Å². The molecule has 84 heavy (non-hydrogen) atoms. The van der Waals surface area contributed by atoms with Gasteiger partial charge in [-0.3, -0.25) is 0 Å². The molecule has 0 aromatic heterocycles. The second-order valence-corrected chi connectivity index (χ2v) is 26.4. The van der Waals surface area contributed by atoms with E-state index in [1.165, 1.54) is 249 Å². The molecular weight excluding hydrogens is 1090 g/mol. The molecule has 0 N–H and O–H groups in total. The molecule has 1 aliphatic rings. The molecular formula is C78H116BBrO4. The fourth-order valence-electron chi connectivity index (χ4n) is 11.2. The molecule has 0 spiro atoms. The number of aryl methyl sites for hydroxylation is 2. The van der Waals surface area contributed by atoms with Gasteiger partial charge in [-0.25, -0.2) is 0 Å². The van der Waals surface area contributed by atoms with Gasteiger partial charge in [-0.2, -0.15) is 0 Å². The molecule has 0 bridgehead atoms. The van der Waals surface area contributed by atoms with E-state index in [4.69, 9.17) is 18.8 Å². The number of hydrogen-bond donors (Lipinski definition) is 0. The molecule has 0 saturated carbocycles. The van der Waals surface area contributed by atoms with Crippen molar-refractivity contribution in [2.24, 2.45) is 0 Å². The molecule has 1 fully saturated rings. The first-order chi connectivity index (χ1) is 40.9. The van der Waals surface area contributed by atoms with Crippen LogP contribution >= 0.6 is 15.9 Å². The zero-order valence-electron chi connectivity index (χ0n) is 54.6. The molecule has 0 unspecified atom stereocenters. The fourth-order valence-corrected chi connectivity index (χ4v) is 11.6. The zero-order valence-corrected chi connectivity index (χ0v) is 56.2. The van der Waals surface area contributed by atoms with E-state index in [1.54, 1.807) is 0 Å². The molecule has 4 nitrogen and oxygen atoms in total. The maximum Gasteiger partial charge on any atom is 0.494 e. The van der Waals surface area contributed by atoms with Crippen molar-refractivity contribution in [2.45, 2.75) is 285 Å². The Morgan fingerprint density at radius 1 is 0.333 bits per heavy atom. The van der Waals surface area contributed by atoms with Crippen molar-refractivity contribution >= 4 is 50.1 Å². The van der Waals surface area contributed by atoms with E-state index in [2.05, 4.69) is 193 Å². The van der Waals surface area contributed by atoms with Gasteiger partial charge < -0.3 is 18.8 Å². The van der Waals surface area contributed by atoms with E-state index >= 15 is 0 Å². The van der Waals surface area contributed by atoms with Gasteiger partial charge in [-0.1, -0.05) is 302 Å². The molecule has 7 rings (SSSR count). The molecule has 1 heterocycles. The lowest BCUT2D eigenvalue weighted by atomic mass is 9.78. The minimum atomic E-state index is -0.269. The molecule has 6 heteroatoms. The number of unbranched alkanes of at least 4 members (excludes halogenated alkanes) is 28. The Kier molecular flexibility index (Phi) is 35.3. The van der Waals surface area contributed by atoms with Crippen LogP contribution in [-0.2, 0) is 22.2 Å². The average Bonchev–Trinajstić information content (AvgIpc) is 2.93. The summed E-state index contributed by atoms with van der Waals surface area (Å²) in [6.07, 6.45) is 45.8. The van der Waals surface area contributed by atoms with Gasteiger partial charge in [0, 0.05) is 4.47 Å². The van der Waals surface area contributed by atoms with Crippen LogP contribution in [0.1, 0.15) is 272 Å². The van der Waals surface area contributed by atoms with E-state index in [0.29, 0.717) is 0 Å². The summed E-state index contributed by atoms with van der Waals surface area (Å²) in [5.74, 6) is 1.98. The van der Waals surface area contributed by atoms with E-state index in [-0.39, 0.29) is 18.3 Å². The van der Waals surface area contributed by atoms with Crippen molar-refractivity contribution in [2.75, 3.05) is 13.2 Å². The van der Waals surface area contributed by atoms with Gasteiger partial charge in [0.25, 0.3) is 0 Å². The fraction of sp³-hybridized carbons (Fsp3) is 0.590. The minimum absolute atomic E-state index is 0.247. The number of rotatable bonds is 40. The van der Waals surface area contributed by atoms with Crippen LogP contribution in [0, 0.1) is 0 Å². The van der Waals surface area contributed by atoms with E-state index in [0.717, 1.165) is 47.5 Å². The third kappa shape index (κ3) is 27.7. The highest BCUT2D eigenvalue weighted by Gasteiger charge is 2.51. The average molecular weight is 1210 g/mol. The van der Waals surface area contributed by atoms with Gasteiger partial charge in [0.2, 0.25) is 0 Å². The third-order valence-electron chi connectivity index (χ3n) is 17.5. The Labute approximate surface area is 523 Å². The van der Waals surface area contributed by atoms with Crippen molar-refractivity contribution in [3.8, 4) is 22.6 Å². The maximum atomic E-state index is 6.10. The van der Waals surface area contributed by atoms with Crippen LogP contribution in [0.4, 0.5) is 0 Å². The highest BCUT2D eigenvalue weighted by atomic mass is 79.9. The summed E-state index contributed by atoms with van der Waals surface area (Å²) < 4.78 is 25.3. The van der Waals surface area contributed by atoms with Gasteiger partial charge in [0.1, 0.15) is 11.5 Å². The van der Waals surface area contributed by atoms with Gasteiger partial charge >= 0.3 is 7.12 Å². The Hall–Kier alpha value is -4.10. The molecule has 6 aromatic rings. The number of fused-ring (bicyclic) bond motifs is 2. The summed E-state index contributed by atoms with van der Waals surface area (Å²) in [6.45, 7) is 19.2. The molecule has 0 aliphatic carbocycles. The van der Waals surface area contributed by atoms with E-state index < -0.39 is 0 Å². The van der Waals surface area contributed by atoms with Gasteiger partial charge in [-0.15, -0.1) is 0 Å². The predicted octanol–water partition coefficient (Wildman–Crippen LogP) is 24.5. The van der Waals surface area contributed by atoms with Crippen molar-refractivity contribution < 1.29 is 18.8 Å². The molecule has 0 amide bonds. The van der Waals surface area contributed by atoms with Crippen LogP contribution in [0.2, 0.25) is 0 Å². The van der Waals surface area contributed by atoms with Gasteiger partial charge in [-0.05, 0) is 158 Å². The lowest BCUT2D eigenvalue weighted by molar-refractivity contribution is 0.00578. The monoisotopic (exact) mass is 1210 g/mol. The first-order valence-electron chi connectivity index (χ1n) is 34.5. The van der Waals surface area contributed by atoms with Gasteiger partial charge in [0.05, 0.1) is 24.4 Å². The van der Waals surface area contributed by atoms with Crippen molar-refractivity contribution in [1.29, 1.82) is 0 Å². The standard InChI is InChI=1S/C36H52O.C22H31BrO.C20H33BO2/c1-3-5-7-9-11-12-13-14-16-18-28-37-36-27-26-34-29-33(24-25-35(34)30-36)32-22-20-31(21-23-32)19-17-15-10-8-6-4-2;1-2-3-4-5-6-7-8-9-10-11-16-24-22-15-13-19-17-21(23)14-12-20(19)18-22;1-6-7-8-9-10-11-12-17-13-15-18(16-14-17)21-22-19(2,3)20(4,5)23-21/h20-27,29-30H,3-19,28H2,1-2H3;12-15,17-18H,2-11,16H2,1H3;13-16H,6-12H2,1-5H3. The Morgan fingerprint density at radius 2 is 0.655 bits per heavy atom. The second kappa shape index (κ2) is 41.9. The lowest BCUT2D eigenvalue weighted by Gasteiger charge is -2.32. The molecule has 1 aliphatic heterocycles. The highest BCUT2D eigenvalue weighted by Crippen LogP contribution is 2.37. The van der Waals surface area contributed by atoms with Gasteiger partial charge in [0.15, 0.2) is 0 Å².